The molecule has 5 heterocycles. The van der Waals surface area contributed by atoms with Crippen LogP contribution in [0.2, 0.25) is 0 Å². The average molecular weight is 1050 g/mol. The number of aliphatic hydroxyl groups is 3. The Morgan fingerprint density at radius 2 is 1.65 bits per heavy atom. The maximum Gasteiger partial charge on any atom is 0.409 e. The van der Waals surface area contributed by atoms with Gasteiger partial charge in [-0.3, -0.25) is 19.6 Å². The van der Waals surface area contributed by atoms with Crippen LogP contribution in [0.1, 0.15) is 96.5 Å². The Labute approximate surface area is 435 Å². The van der Waals surface area contributed by atoms with E-state index in [4.69, 9.17) is 30.0 Å². The Bertz CT molecular complexity index is 3020. The first kappa shape index (κ1) is 51.9. The number of thiazole rings is 1. The van der Waals surface area contributed by atoms with Crippen molar-refractivity contribution in [1.29, 1.82) is 0 Å². The average Bonchev–Trinajstić information content (AvgIpc) is 3.96. The Morgan fingerprint density at radius 1 is 0.893 bits per heavy atom. The summed E-state index contributed by atoms with van der Waals surface area (Å²) in [6, 6.07) is 17.0. The summed E-state index contributed by atoms with van der Waals surface area (Å²) in [7, 11) is 0. The maximum absolute atomic E-state index is 13.7. The number of benzene rings is 2. The summed E-state index contributed by atoms with van der Waals surface area (Å²) in [5.74, 6) is -3.19. The summed E-state index contributed by atoms with van der Waals surface area (Å²) < 4.78 is 20.5. The summed E-state index contributed by atoms with van der Waals surface area (Å²) >= 11 is 1.41. The van der Waals surface area contributed by atoms with E-state index in [1.807, 2.05) is 59.0 Å². The van der Waals surface area contributed by atoms with Crippen molar-refractivity contribution >= 4 is 62.3 Å². The number of rotatable bonds is 17. The van der Waals surface area contributed by atoms with Crippen LogP contribution in [0.25, 0.3) is 21.3 Å². The van der Waals surface area contributed by atoms with E-state index in [2.05, 4.69) is 24.1 Å². The molecule has 4 bridgehead atoms. The number of hydrogen-bond acceptors (Lipinski definition) is 16. The number of aliphatic carboxylic acids is 1. The van der Waals surface area contributed by atoms with E-state index in [0.29, 0.717) is 60.1 Å². The van der Waals surface area contributed by atoms with Gasteiger partial charge in [0.2, 0.25) is 5.91 Å². The third-order valence-corrected chi connectivity index (χ3v) is 16.9. The molecule has 2 unspecified atom stereocenters. The van der Waals surface area contributed by atoms with Crippen LogP contribution in [-0.4, -0.2) is 149 Å². The van der Waals surface area contributed by atoms with Crippen LogP contribution >= 0.6 is 11.3 Å². The Morgan fingerprint density at radius 3 is 2.37 bits per heavy atom. The number of aromatic nitrogens is 4. The fourth-order valence-electron chi connectivity index (χ4n) is 13.9. The van der Waals surface area contributed by atoms with E-state index in [1.54, 1.807) is 18.3 Å². The molecular formula is C53H62N8O13S. The van der Waals surface area contributed by atoms with Gasteiger partial charge in [-0.2, -0.15) is 5.10 Å². The molecule has 11 rings (SSSR count). The highest BCUT2D eigenvalue weighted by molar-refractivity contribution is 7.22. The number of carbonyl (C=O) groups excluding carboxylic acids is 3. The second-order valence-corrected chi connectivity index (χ2v) is 23.2. The van der Waals surface area contributed by atoms with Gasteiger partial charge in [0.25, 0.3) is 5.91 Å². The molecular weight excluding hydrogens is 989 g/mol. The van der Waals surface area contributed by atoms with Crippen molar-refractivity contribution < 1.29 is 63.7 Å². The molecule has 3 amide bonds. The maximum atomic E-state index is 13.7. The van der Waals surface area contributed by atoms with Crippen LogP contribution in [0.5, 0.6) is 0 Å². The SMILES string of the molecule is Cc1c(-c2ccc(N3CCc4cccc(C(=O)Nc5nc6ccccc6s5)c4C3)nc2C(=O)O)cnn1CC12CC3(C)CC(C)(C1)CC(OCCN(CCC(N)=O)C(=O)OC[C@@H]1O[C@H](C(=O)O)[C@@H](O)[C@H](O)[C@H]1O)(C3)C2. The van der Waals surface area contributed by atoms with Gasteiger partial charge in [0.15, 0.2) is 16.9 Å². The molecule has 4 aliphatic carbocycles. The Balaban J connectivity index is 0.826. The highest BCUT2D eigenvalue weighted by atomic mass is 32.1. The van der Waals surface area contributed by atoms with Crippen molar-refractivity contribution in [3.63, 3.8) is 0 Å². The molecule has 21 nitrogen and oxygen atoms in total. The first-order chi connectivity index (χ1) is 35.6. The van der Waals surface area contributed by atoms with Gasteiger partial charge in [-0.1, -0.05) is 49.4 Å². The molecule has 0 spiro atoms. The molecule has 1 saturated heterocycles. The Hall–Kier alpha value is -6.56. The van der Waals surface area contributed by atoms with Gasteiger partial charge >= 0.3 is 18.0 Å². The predicted molar refractivity (Wildman–Crippen MR) is 272 cm³/mol. The van der Waals surface area contributed by atoms with E-state index in [-0.39, 0.29) is 54.0 Å². The zero-order chi connectivity index (χ0) is 53.2. The van der Waals surface area contributed by atoms with Crippen molar-refractivity contribution in [2.24, 2.45) is 22.0 Å². The molecule has 75 heavy (non-hydrogen) atoms. The number of amides is 3. The predicted octanol–water partition coefficient (Wildman–Crippen LogP) is 4.76. The highest BCUT2D eigenvalue weighted by Gasteiger charge is 2.66. The lowest BCUT2D eigenvalue weighted by Gasteiger charge is -2.69. The van der Waals surface area contributed by atoms with Crippen molar-refractivity contribution in [3.8, 4) is 11.1 Å². The third kappa shape index (κ3) is 10.3. The zero-order valence-electron chi connectivity index (χ0n) is 41.9. The number of anilines is 2. The second kappa shape index (κ2) is 19.9. The summed E-state index contributed by atoms with van der Waals surface area (Å²) in [6.07, 6.45) is -2.42. The Kier molecular flexibility index (Phi) is 13.7. The number of fused-ring (bicyclic) bond motifs is 2. The van der Waals surface area contributed by atoms with Gasteiger partial charge in [-0.25, -0.2) is 24.4 Å². The van der Waals surface area contributed by atoms with Crippen LogP contribution in [0, 0.1) is 23.2 Å². The minimum absolute atomic E-state index is 0.0108. The highest BCUT2D eigenvalue weighted by Crippen LogP contribution is 2.72. The number of hydrogen-bond donors (Lipinski definition) is 7. The van der Waals surface area contributed by atoms with Crippen molar-refractivity contribution in [1.82, 2.24) is 24.6 Å². The quantitative estimate of drug-likeness (QED) is 0.0660. The number of carbonyl (C=O) groups is 5. The fourth-order valence-corrected chi connectivity index (χ4v) is 14.7. The second-order valence-electron chi connectivity index (χ2n) is 22.1. The van der Waals surface area contributed by atoms with Crippen LogP contribution in [-0.2, 0) is 43.3 Å². The van der Waals surface area contributed by atoms with E-state index < -0.39 is 66.7 Å². The topological polar surface area (TPSA) is 302 Å². The number of primary amides is 1. The monoisotopic (exact) mass is 1050 g/mol. The van der Waals surface area contributed by atoms with Gasteiger partial charge < -0.3 is 55.3 Å². The zero-order valence-corrected chi connectivity index (χ0v) is 42.8. The lowest BCUT2D eigenvalue weighted by Crippen LogP contribution is -2.64. The molecule has 2 aromatic carbocycles. The van der Waals surface area contributed by atoms with Crippen LogP contribution in [0.15, 0.2) is 60.8 Å². The summed E-state index contributed by atoms with van der Waals surface area (Å²) in [6.45, 7) is 7.36. The summed E-state index contributed by atoms with van der Waals surface area (Å²) in [5, 5.41) is 59.2. The number of nitrogens with two attached hydrogens (primary N) is 1. The molecule has 0 radical (unpaired) electrons. The number of pyridine rings is 1. The number of aliphatic hydroxyl groups excluding tert-OH is 3. The molecule has 22 heteroatoms. The van der Waals surface area contributed by atoms with E-state index in [1.165, 1.54) is 16.2 Å². The van der Waals surface area contributed by atoms with E-state index in [9.17, 15) is 49.5 Å². The largest absolute Gasteiger partial charge is 0.479 e. The van der Waals surface area contributed by atoms with Crippen molar-refractivity contribution in [3.05, 3.63) is 88.9 Å². The smallest absolute Gasteiger partial charge is 0.409 e. The normalized spacial score (nSPS) is 28.7. The number of aromatic carboxylic acids is 1. The van der Waals surface area contributed by atoms with Crippen LogP contribution in [0.4, 0.5) is 15.7 Å². The number of nitrogens with zero attached hydrogens (tertiary/aromatic N) is 6. The van der Waals surface area contributed by atoms with Gasteiger partial charge in [-0.05, 0) is 110 Å². The minimum atomic E-state index is -1.90. The number of nitrogens with one attached hydrogen (secondary N) is 1. The lowest BCUT2D eigenvalue weighted by atomic mass is 9.39. The van der Waals surface area contributed by atoms with Gasteiger partial charge in [-0.15, -0.1) is 0 Å². The van der Waals surface area contributed by atoms with Gasteiger partial charge in [0.1, 0.15) is 36.8 Å². The number of para-hydroxylation sites is 1. The van der Waals surface area contributed by atoms with Crippen LogP contribution in [0.3, 0.4) is 0 Å². The molecule has 8 N–H and O–H groups in total. The standard InChI is InChI=1S/C53H62N8O13S/c1-29-33(31-11-12-39(57-40(31)46(67)68)60-15-13-30-7-6-8-32(34(30)20-60)45(66)58-48-56-35-9-4-5-10-37(35)75-48)19-55-61(29)28-52-23-50(2)22-51(3,24-52)26-53(25-50,27-52)73-18-17-59(16-14-38(54)62)49(71)72-21-36-41(63)42(64)43(65)44(74-36)47(69)70/h4-12,19,36,41-44,63-65H,13-18,20-28H2,1-3H3,(H2,54,62)(H,67,68)(H,69,70)(H,56,58,66)/t36-,41-,42+,43-,44-,50?,51?,52?,53?/m0/s1. The third-order valence-electron chi connectivity index (χ3n) is 16.0. The first-order valence-corrected chi connectivity index (χ1v) is 26.0. The molecule has 2 aliphatic heterocycles. The molecule has 7 atom stereocenters. The molecule has 5 aromatic rings. The van der Waals surface area contributed by atoms with Crippen molar-refractivity contribution in [2.75, 3.05) is 43.1 Å². The molecule has 3 aromatic heterocycles. The first-order valence-electron chi connectivity index (χ1n) is 25.2. The fraction of sp³-hybridized carbons (Fsp3) is 0.509. The van der Waals surface area contributed by atoms with E-state index in [0.717, 1.165) is 59.1 Å². The molecule has 4 saturated carbocycles. The summed E-state index contributed by atoms with van der Waals surface area (Å²) in [4.78, 5) is 76.3. The number of carboxylic acid groups (broad SMARTS) is 2. The number of carboxylic acids is 2. The minimum Gasteiger partial charge on any atom is -0.479 e. The van der Waals surface area contributed by atoms with Gasteiger partial charge in [0.05, 0.1) is 28.6 Å². The number of ether oxygens (including phenoxy) is 3. The molecule has 398 valence electrons. The van der Waals surface area contributed by atoms with Crippen molar-refractivity contribution in [2.45, 2.75) is 121 Å². The molecule has 5 fully saturated rings. The van der Waals surface area contributed by atoms with E-state index >= 15 is 0 Å². The van der Waals surface area contributed by atoms with Crippen LogP contribution < -0.4 is 16.0 Å². The molecule has 6 aliphatic rings. The van der Waals surface area contributed by atoms with Gasteiger partial charge in [0, 0.05) is 61.5 Å². The summed E-state index contributed by atoms with van der Waals surface area (Å²) in [5.41, 5.74) is 9.50. The lowest BCUT2D eigenvalue weighted by molar-refractivity contribution is -0.248.